The smallest absolute Gasteiger partial charge is 0.233 e. The Hall–Kier alpha value is -1.53. The molecule has 106 valence electrons. The molecule has 0 N–H and O–H groups in total. The third-order valence-electron chi connectivity index (χ3n) is 4.69. The van der Waals surface area contributed by atoms with Gasteiger partial charge in [0, 0.05) is 6.42 Å². The summed E-state index contributed by atoms with van der Waals surface area (Å²) < 4.78 is 10.7. The van der Waals surface area contributed by atoms with Gasteiger partial charge in [0.25, 0.3) is 0 Å². The van der Waals surface area contributed by atoms with Gasteiger partial charge in [-0.2, -0.15) is 0 Å². The van der Waals surface area contributed by atoms with Crippen LogP contribution in [0.25, 0.3) is 0 Å². The summed E-state index contributed by atoms with van der Waals surface area (Å²) in [4.78, 5) is 38.1. The van der Waals surface area contributed by atoms with Crippen LogP contribution in [0.5, 0.6) is 0 Å². The Kier molecular flexibility index (Phi) is 2.59. The van der Waals surface area contributed by atoms with Crippen LogP contribution in [0, 0.1) is 11.8 Å². The molecule has 1 aliphatic carbocycles. The Balaban J connectivity index is 1.64. The van der Waals surface area contributed by atoms with Gasteiger partial charge in [0.15, 0.2) is 5.78 Å². The molecular formula is C14H15NO5. The van der Waals surface area contributed by atoms with E-state index in [4.69, 9.17) is 9.47 Å². The van der Waals surface area contributed by atoms with Crippen LogP contribution in [-0.4, -0.2) is 47.5 Å². The Morgan fingerprint density at radius 2 is 1.70 bits per heavy atom. The highest BCUT2D eigenvalue weighted by Gasteiger charge is 2.55. The van der Waals surface area contributed by atoms with Gasteiger partial charge in [0.05, 0.1) is 24.5 Å². The minimum Gasteiger partial charge on any atom is -0.343 e. The number of imide groups is 1. The van der Waals surface area contributed by atoms with E-state index in [0.29, 0.717) is 12.8 Å². The van der Waals surface area contributed by atoms with Crippen molar-refractivity contribution in [3.05, 3.63) is 12.2 Å². The highest BCUT2D eigenvalue weighted by Crippen LogP contribution is 2.39. The highest BCUT2D eigenvalue weighted by atomic mass is 16.7. The molecule has 3 saturated heterocycles. The van der Waals surface area contributed by atoms with Crippen molar-refractivity contribution in [1.29, 1.82) is 0 Å². The van der Waals surface area contributed by atoms with Crippen molar-refractivity contribution in [2.75, 3.05) is 6.61 Å². The molecule has 6 nitrogen and oxygen atoms in total. The summed E-state index contributed by atoms with van der Waals surface area (Å²) in [5.74, 6) is -1.02. The lowest BCUT2D eigenvalue weighted by atomic mass is 9.85. The fraction of sp³-hybridized carbons (Fsp3) is 0.643. The van der Waals surface area contributed by atoms with E-state index in [1.54, 1.807) is 0 Å². The molecule has 5 atom stereocenters. The largest absolute Gasteiger partial charge is 0.343 e. The third-order valence-corrected chi connectivity index (χ3v) is 4.69. The number of Topliss-reactive ketones (excluding diaryl/α,β-unsaturated/α-hetero) is 1. The van der Waals surface area contributed by atoms with Crippen molar-refractivity contribution >= 4 is 17.6 Å². The molecule has 3 aliphatic heterocycles. The zero-order chi connectivity index (χ0) is 13.9. The van der Waals surface area contributed by atoms with Crippen molar-refractivity contribution in [2.24, 2.45) is 11.8 Å². The van der Waals surface area contributed by atoms with Gasteiger partial charge >= 0.3 is 0 Å². The number of carbonyl (C=O) groups excluding carboxylic acids is 3. The first-order chi connectivity index (χ1) is 9.66. The molecule has 3 fully saturated rings. The fourth-order valence-electron chi connectivity index (χ4n) is 3.63. The molecule has 0 aromatic heterocycles. The van der Waals surface area contributed by atoms with Crippen molar-refractivity contribution in [3.8, 4) is 0 Å². The monoisotopic (exact) mass is 277 g/mol. The van der Waals surface area contributed by atoms with Crippen LogP contribution in [0.4, 0.5) is 0 Å². The Morgan fingerprint density at radius 1 is 1.05 bits per heavy atom. The number of likely N-dealkylation sites (tertiary alicyclic amines) is 1. The van der Waals surface area contributed by atoms with Crippen LogP contribution in [0.1, 0.15) is 19.3 Å². The molecule has 0 radical (unpaired) electrons. The lowest BCUT2D eigenvalue weighted by molar-refractivity contribution is -0.163. The number of nitrogens with zero attached hydrogens (tertiary/aromatic N) is 1. The molecule has 0 aromatic carbocycles. The molecule has 2 bridgehead atoms. The predicted octanol–water partition coefficient (Wildman–Crippen LogP) is 0.0205. The minimum absolute atomic E-state index is 0.152. The minimum atomic E-state index is -0.798. The Bertz CT molecular complexity index is 502. The summed E-state index contributed by atoms with van der Waals surface area (Å²) in [6.45, 7) is 0.270. The highest BCUT2D eigenvalue weighted by molar-refractivity contribution is 6.06. The average molecular weight is 277 g/mol. The van der Waals surface area contributed by atoms with Crippen LogP contribution in [0.2, 0.25) is 0 Å². The Labute approximate surface area is 115 Å². The quantitative estimate of drug-likeness (QED) is 0.499. The third kappa shape index (κ3) is 1.55. The SMILES string of the molecule is O=C1C[C@@H](N2C(=O)[C@H]3CC=CC[C@@H]3C2=O)[C@@H]2CO[C@@H]1O2. The van der Waals surface area contributed by atoms with Crippen LogP contribution in [0.15, 0.2) is 12.2 Å². The van der Waals surface area contributed by atoms with Gasteiger partial charge in [-0.1, -0.05) is 12.2 Å². The van der Waals surface area contributed by atoms with E-state index in [9.17, 15) is 14.4 Å². The maximum absolute atomic E-state index is 12.5. The summed E-state index contributed by atoms with van der Waals surface area (Å²) in [5, 5.41) is 0. The normalized spacial score (nSPS) is 43.3. The first kappa shape index (κ1) is 12.2. The van der Waals surface area contributed by atoms with E-state index in [-0.39, 0.29) is 48.6 Å². The van der Waals surface area contributed by atoms with Crippen molar-refractivity contribution < 1.29 is 23.9 Å². The van der Waals surface area contributed by atoms with Crippen LogP contribution in [-0.2, 0) is 23.9 Å². The number of ether oxygens (including phenoxy) is 2. The number of hydrogen-bond donors (Lipinski definition) is 0. The van der Waals surface area contributed by atoms with E-state index in [1.807, 2.05) is 12.2 Å². The number of hydrogen-bond acceptors (Lipinski definition) is 5. The molecule has 0 saturated carbocycles. The molecule has 20 heavy (non-hydrogen) atoms. The number of amides is 2. The van der Waals surface area contributed by atoms with E-state index in [1.165, 1.54) is 4.90 Å². The molecule has 0 spiro atoms. The lowest BCUT2D eigenvalue weighted by Crippen LogP contribution is -2.52. The second kappa shape index (κ2) is 4.23. The van der Waals surface area contributed by atoms with Gasteiger partial charge in [-0.15, -0.1) is 0 Å². The standard InChI is InChI=1S/C14H15NO5/c16-10-5-9(11-6-19-14(10)20-11)15-12(17)7-3-1-2-4-8(7)13(15)18/h1-2,7-9,11,14H,3-6H2/t7-,8-,9+,11-,14+/m0/s1. The van der Waals surface area contributed by atoms with Gasteiger partial charge in [-0.3, -0.25) is 19.3 Å². The number of fused-ring (bicyclic) bond motifs is 3. The summed E-state index contributed by atoms with van der Waals surface area (Å²) in [6, 6.07) is -0.494. The molecule has 6 heteroatoms. The summed E-state index contributed by atoms with van der Waals surface area (Å²) in [7, 11) is 0. The molecular weight excluding hydrogens is 262 g/mol. The second-order valence-corrected chi connectivity index (χ2v) is 5.78. The first-order valence-electron chi connectivity index (χ1n) is 6.98. The molecule has 3 heterocycles. The molecule has 4 rings (SSSR count). The van der Waals surface area contributed by atoms with Gasteiger partial charge in [0.2, 0.25) is 18.1 Å². The van der Waals surface area contributed by atoms with E-state index >= 15 is 0 Å². The van der Waals surface area contributed by atoms with E-state index in [2.05, 4.69) is 0 Å². The summed E-state index contributed by atoms with van der Waals surface area (Å²) in [6.07, 6.45) is 4.11. The number of rotatable bonds is 1. The van der Waals surface area contributed by atoms with Crippen LogP contribution < -0.4 is 0 Å². The van der Waals surface area contributed by atoms with Gasteiger partial charge < -0.3 is 9.47 Å². The molecule has 2 amide bonds. The van der Waals surface area contributed by atoms with E-state index < -0.39 is 12.3 Å². The molecule has 0 aromatic rings. The predicted molar refractivity (Wildman–Crippen MR) is 65.2 cm³/mol. The summed E-state index contributed by atoms with van der Waals surface area (Å²) in [5.41, 5.74) is 0. The Morgan fingerprint density at radius 3 is 2.35 bits per heavy atom. The van der Waals surface area contributed by atoms with Crippen molar-refractivity contribution in [3.63, 3.8) is 0 Å². The van der Waals surface area contributed by atoms with Gasteiger partial charge in [-0.25, -0.2) is 0 Å². The topological polar surface area (TPSA) is 72.9 Å². The molecule has 4 aliphatic rings. The maximum atomic E-state index is 12.5. The van der Waals surface area contributed by atoms with E-state index in [0.717, 1.165) is 0 Å². The van der Waals surface area contributed by atoms with Crippen molar-refractivity contribution in [2.45, 2.75) is 37.7 Å². The lowest BCUT2D eigenvalue weighted by Gasteiger charge is -2.32. The first-order valence-corrected chi connectivity index (χ1v) is 6.98. The zero-order valence-electron chi connectivity index (χ0n) is 10.9. The number of allylic oxidation sites excluding steroid dienone is 2. The molecule has 0 unspecified atom stereocenters. The summed E-state index contributed by atoms with van der Waals surface area (Å²) >= 11 is 0. The van der Waals surface area contributed by atoms with Gasteiger partial charge in [-0.05, 0) is 12.8 Å². The number of ketones is 1. The zero-order valence-corrected chi connectivity index (χ0v) is 10.9. The second-order valence-electron chi connectivity index (χ2n) is 5.78. The van der Waals surface area contributed by atoms with Gasteiger partial charge in [0.1, 0.15) is 6.10 Å². The fourth-order valence-corrected chi connectivity index (χ4v) is 3.63. The average Bonchev–Trinajstić information content (AvgIpc) is 2.99. The van der Waals surface area contributed by atoms with Crippen LogP contribution >= 0.6 is 0 Å². The van der Waals surface area contributed by atoms with Crippen LogP contribution in [0.3, 0.4) is 0 Å². The maximum Gasteiger partial charge on any atom is 0.233 e. The number of carbonyl (C=O) groups is 3. The van der Waals surface area contributed by atoms with Crippen molar-refractivity contribution in [1.82, 2.24) is 4.90 Å².